The van der Waals surface area contributed by atoms with Crippen LogP contribution in [0.25, 0.3) is 22.3 Å². The minimum Gasteiger partial charge on any atom is -0.440 e. The molecule has 1 atom stereocenters. The summed E-state index contributed by atoms with van der Waals surface area (Å²) in [5, 5.41) is 0.857. The van der Waals surface area contributed by atoms with E-state index in [1.807, 2.05) is 74.8 Å². The van der Waals surface area contributed by atoms with Crippen molar-refractivity contribution < 1.29 is 9.47 Å². The van der Waals surface area contributed by atoms with E-state index in [9.17, 15) is 0 Å². The molecule has 1 heterocycles. The summed E-state index contributed by atoms with van der Waals surface area (Å²) in [7, 11) is 5.68. The lowest BCUT2D eigenvalue weighted by molar-refractivity contribution is -0.123. The summed E-state index contributed by atoms with van der Waals surface area (Å²) in [6, 6.07) is 16.0. The molecule has 5 nitrogen and oxygen atoms in total. The van der Waals surface area contributed by atoms with Gasteiger partial charge >= 0.3 is 0 Å². The largest absolute Gasteiger partial charge is 0.440 e. The molecule has 28 heavy (non-hydrogen) atoms. The van der Waals surface area contributed by atoms with Gasteiger partial charge in [0, 0.05) is 38.9 Å². The third kappa shape index (κ3) is 3.49. The summed E-state index contributed by atoms with van der Waals surface area (Å²) >= 11 is 0. The number of allylic oxidation sites excluding steroid dienone is 2. The number of hydrogen-bond donors (Lipinski definition) is 0. The van der Waals surface area contributed by atoms with Crippen LogP contribution < -0.4 is 9.64 Å². The molecule has 0 spiro atoms. The van der Waals surface area contributed by atoms with Crippen LogP contribution in [0.2, 0.25) is 0 Å². The highest BCUT2D eigenvalue weighted by Gasteiger charge is 2.30. The molecule has 1 aromatic heterocycles. The highest BCUT2D eigenvalue weighted by Crippen LogP contribution is 2.32. The Hall–Kier alpha value is -3.18. The van der Waals surface area contributed by atoms with E-state index in [-0.39, 0.29) is 0 Å². The molecule has 1 aliphatic carbocycles. The Labute approximate surface area is 164 Å². The number of hydrogen-bond acceptors (Lipinski definition) is 5. The van der Waals surface area contributed by atoms with E-state index in [0.717, 1.165) is 22.2 Å². The Balaban J connectivity index is 1.79. The number of rotatable bonds is 5. The van der Waals surface area contributed by atoms with Gasteiger partial charge in [0.2, 0.25) is 11.7 Å². The van der Waals surface area contributed by atoms with Crippen molar-refractivity contribution in [1.82, 2.24) is 9.97 Å². The molecule has 0 aliphatic heterocycles. The van der Waals surface area contributed by atoms with Crippen molar-refractivity contribution in [2.45, 2.75) is 12.2 Å². The first-order valence-electron chi connectivity index (χ1n) is 9.23. The smallest absolute Gasteiger partial charge is 0.235 e. The molecule has 0 fully saturated rings. The Bertz CT molecular complexity index is 1040. The molecular formula is C23H23N3O2. The molecule has 142 valence electrons. The second-order valence-corrected chi connectivity index (χ2v) is 6.92. The third-order valence-electron chi connectivity index (χ3n) is 4.82. The average Bonchev–Trinajstić information content (AvgIpc) is 2.74. The Morgan fingerprint density at radius 2 is 1.75 bits per heavy atom. The van der Waals surface area contributed by atoms with E-state index in [4.69, 9.17) is 19.4 Å². The third-order valence-corrected chi connectivity index (χ3v) is 4.82. The maximum atomic E-state index is 6.31. The predicted molar refractivity (Wildman–Crippen MR) is 113 cm³/mol. The first-order chi connectivity index (χ1) is 13.6. The van der Waals surface area contributed by atoms with E-state index in [0.29, 0.717) is 18.1 Å². The van der Waals surface area contributed by atoms with Gasteiger partial charge < -0.3 is 14.4 Å². The minimum absolute atomic E-state index is 0.513. The number of para-hydroxylation sites is 1. The topological polar surface area (TPSA) is 47.5 Å². The molecule has 0 amide bonds. The fourth-order valence-electron chi connectivity index (χ4n) is 3.18. The van der Waals surface area contributed by atoms with E-state index >= 15 is 0 Å². The van der Waals surface area contributed by atoms with Gasteiger partial charge in [-0.2, -0.15) is 4.98 Å². The predicted octanol–water partition coefficient (Wildman–Crippen LogP) is 4.60. The molecule has 0 radical (unpaired) electrons. The monoisotopic (exact) mass is 373 g/mol. The fraction of sp³-hybridized carbons (Fsp3) is 0.217. The number of fused-ring (bicyclic) bond motifs is 1. The molecule has 4 rings (SSSR count). The van der Waals surface area contributed by atoms with Crippen LogP contribution in [-0.4, -0.2) is 37.0 Å². The van der Waals surface area contributed by atoms with Crippen molar-refractivity contribution in [2.75, 3.05) is 26.1 Å². The van der Waals surface area contributed by atoms with Crippen molar-refractivity contribution in [2.24, 2.45) is 0 Å². The Morgan fingerprint density at radius 3 is 2.43 bits per heavy atom. The van der Waals surface area contributed by atoms with Crippen molar-refractivity contribution in [1.29, 1.82) is 0 Å². The first-order valence-corrected chi connectivity index (χ1v) is 9.23. The van der Waals surface area contributed by atoms with Crippen molar-refractivity contribution in [3.05, 3.63) is 72.8 Å². The molecule has 2 aromatic carbocycles. The van der Waals surface area contributed by atoms with Gasteiger partial charge in [0.1, 0.15) is 0 Å². The Morgan fingerprint density at radius 1 is 0.964 bits per heavy atom. The Kier molecular flexibility index (Phi) is 4.84. The summed E-state index contributed by atoms with van der Waals surface area (Å²) < 4.78 is 12.0. The first kappa shape index (κ1) is 18.2. The molecular weight excluding hydrogens is 350 g/mol. The minimum atomic E-state index is -0.863. The average molecular weight is 373 g/mol. The van der Waals surface area contributed by atoms with E-state index < -0.39 is 5.79 Å². The van der Waals surface area contributed by atoms with Crippen LogP contribution in [0.4, 0.5) is 5.69 Å². The van der Waals surface area contributed by atoms with E-state index in [2.05, 4.69) is 17.0 Å². The normalized spacial score (nSPS) is 18.4. The van der Waals surface area contributed by atoms with Crippen LogP contribution in [0, 0.1) is 0 Å². The van der Waals surface area contributed by atoms with Crippen LogP contribution >= 0.6 is 0 Å². The number of ether oxygens (including phenoxy) is 2. The van der Waals surface area contributed by atoms with Gasteiger partial charge in [0.25, 0.3) is 0 Å². The summed E-state index contributed by atoms with van der Waals surface area (Å²) in [5.74, 6) is 0.275. The summed E-state index contributed by atoms with van der Waals surface area (Å²) in [6.07, 6.45) is 8.46. The number of methoxy groups -OCH3 is 1. The van der Waals surface area contributed by atoms with Gasteiger partial charge in [-0.15, -0.1) is 0 Å². The molecule has 3 aromatic rings. The SMILES string of the molecule is COC1(Oc2nc(-c3ccc(N(C)C)cc3)nc3ccccc23)C=CC=CC1. The zero-order valence-corrected chi connectivity index (χ0v) is 16.3. The molecule has 0 saturated carbocycles. The zero-order chi connectivity index (χ0) is 19.6. The number of aromatic nitrogens is 2. The lowest BCUT2D eigenvalue weighted by Crippen LogP contribution is -2.36. The second kappa shape index (κ2) is 7.44. The van der Waals surface area contributed by atoms with Gasteiger partial charge in [-0.05, 0) is 42.5 Å². The summed E-state index contributed by atoms with van der Waals surface area (Å²) in [5.41, 5.74) is 2.89. The van der Waals surface area contributed by atoms with Gasteiger partial charge in [-0.25, -0.2) is 4.98 Å². The van der Waals surface area contributed by atoms with Gasteiger partial charge in [0.05, 0.1) is 10.9 Å². The molecule has 1 aliphatic rings. The van der Waals surface area contributed by atoms with Crippen LogP contribution in [0.5, 0.6) is 5.88 Å². The quantitative estimate of drug-likeness (QED) is 0.612. The van der Waals surface area contributed by atoms with Crippen molar-refractivity contribution in [3.8, 4) is 17.3 Å². The lowest BCUT2D eigenvalue weighted by Gasteiger charge is -2.30. The van der Waals surface area contributed by atoms with Crippen LogP contribution in [0.15, 0.2) is 72.8 Å². The maximum absolute atomic E-state index is 6.31. The maximum Gasteiger partial charge on any atom is 0.235 e. The van der Waals surface area contributed by atoms with Crippen LogP contribution in [0.3, 0.4) is 0 Å². The van der Waals surface area contributed by atoms with Crippen molar-refractivity contribution in [3.63, 3.8) is 0 Å². The molecule has 0 bridgehead atoms. The zero-order valence-electron chi connectivity index (χ0n) is 16.3. The fourth-order valence-corrected chi connectivity index (χ4v) is 3.18. The van der Waals surface area contributed by atoms with Crippen molar-refractivity contribution >= 4 is 16.6 Å². The second-order valence-electron chi connectivity index (χ2n) is 6.92. The van der Waals surface area contributed by atoms with E-state index in [1.165, 1.54) is 0 Å². The molecule has 0 N–H and O–H groups in total. The van der Waals surface area contributed by atoms with Crippen LogP contribution in [0.1, 0.15) is 6.42 Å². The lowest BCUT2D eigenvalue weighted by atomic mass is 10.1. The highest BCUT2D eigenvalue weighted by atomic mass is 16.7. The number of nitrogens with zero attached hydrogens (tertiary/aromatic N) is 3. The van der Waals surface area contributed by atoms with Gasteiger partial charge in [-0.3, -0.25) is 0 Å². The number of anilines is 1. The summed E-state index contributed by atoms with van der Waals surface area (Å²) in [6.45, 7) is 0. The standard InChI is InChI=1S/C23H23N3O2/c1-26(2)18-13-11-17(12-14-18)21-24-20-10-6-5-9-19(20)22(25-21)28-23(27-3)15-7-4-8-16-23/h4-15H,16H2,1-3H3. The van der Waals surface area contributed by atoms with E-state index in [1.54, 1.807) is 7.11 Å². The van der Waals surface area contributed by atoms with Gasteiger partial charge in [0.15, 0.2) is 5.82 Å². The number of benzene rings is 2. The van der Waals surface area contributed by atoms with Gasteiger partial charge in [-0.1, -0.05) is 30.4 Å². The molecule has 1 unspecified atom stereocenters. The molecule has 5 heteroatoms. The highest BCUT2D eigenvalue weighted by molar-refractivity contribution is 5.85. The van der Waals surface area contributed by atoms with Crippen LogP contribution in [-0.2, 0) is 4.74 Å². The molecule has 0 saturated heterocycles. The summed E-state index contributed by atoms with van der Waals surface area (Å²) in [4.78, 5) is 11.6.